The van der Waals surface area contributed by atoms with Crippen LogP contribution in [0.4, 0.5) is 20.3 Å². The number of carbonyl (C=O) groups excluding carboxylic acids is 1. The fraction of sp³-hybridized carbons (Fsp3) is 0.345. The highest BCUT2D eigenvalue weighted by molar-refractivity contribution is 6.06. The average Bonchev–Trinajstić information content (AvgIpc) is 3.49. The van der Waals surface area contributed by atoms with Crippen molar-refractivity contribution in [1.82, 2.24) is 24.6 Å². The molecule has 202 valence electrons. The number of anilines is 2. The first-order valence-corrected chi connectivity index (χ1v) is 13.1. The SMILES string of the molecule is CN(C)Cc1nc(Nc2ccc(-c3cnc4cc(F)ccn34)c3c2C(=O)NC3)ccc1C1CC[C@@H](F)[C@H](O)C1. The van der Waals surface area contributed by atoms with E-state index in [1.54, 1.807) is 16.8 Å². The number of aliphatic hydroxyl groups excluding tert-OH is 1. The summed E-state index contributed by atoms with van der Waals surface area (Å²) in [7, 11) is 3.92. The van der Waals surface area contributed by atoms with Crippen LogP contribution in [0.25, 0.3) is 16.9 Å². The summed E-state index contributed by atoms with van der Waals surface area (Å²) in [6, 6.07) is 10.4. The Morgan fingerprint density at radius 2 is 2.05 bits per heavy atom. The lowest BCUT2D eigenvalue weighted by Crippen LogP contribution is -2.30. The molecule has 4 heterocycles. The third-order valence-corrected chi connectivity index (χ3v) is 7.63. The Labute approximate surface area is 224 Å². The average molecular weight is 533 g/mol. The number of imidazole rings is 1. The van der Waals surface area contributed by atoms with Crippen molar-refractivity contribution in [2.24, 2.45) is 0 Å². The van der Waals surface area contributed by atoms with Gasteiger partial charge in [0.05, 0.1) is 34.9 Å². The molecule has 1 fully saturated rings. The predicted octanol–water partition coefficient (Wildman–Crippen LogP) is 4.55. The van der Waals surface area contributed by atoms with Gasteiger partial charge in [-0.1, -0.05) is 12.1 Å². The lowest BCUT2D eigenvalue weighted by molar-refractivity contribution is 0.0358. The fourth-order valence-electron chi connectivity index (χ4n) is 5.76. The standard InChI is InChI=1S/C29H30F2N6O2/c1-36(2)15-23-18(16-3-6-21(31)25(38)11-16)5-8-26(35-23)34-22-7-4-19(20-13-33-29(39)28(20)22)24-14-32-27-12-17(30)9-10-37(24)27/h4-5,7-10,12,14,16,21,25,38H,3,6,11,13,15H2,1-2H3,(H,33,39)(H,34,35)/t16?,21-,25-/m1/s1. The van der Waals surface area contributed by atoms with Gasteiger partial charge in [0.2, 0.25) is 0 Å². The molecule has 1 amide bonds. The minimum Gasteiger partial charge on any atom is -0.390 e. The van der Waals surface area contributed by atoms with Gasteiger partial charge in [0.15, 0.2) is 0 Å². The van der Waals surface area contributed by atoms with Crippen molar-refractivity contribution in [3.8, 4) is 11.3 Å². The van der Waals surface area contributed by atoms with Crippen LogP contribution in [-0.4, -0.2) is 56.7 Å². The molecule has 1 aliphatic heterocycles. The fourth-order valence-corrected chi connectivity index (χ4v) is 5.76. The van der Waals surface area contributed by atoms with E-state index in [0.717, 1.165) is 28.1 Å². The zero-order valence-electron chi connectivity index (χ0n) is 21.8. The van der Waals surface area contributed by atoms with Gasteiger partial charge in [0.25, 0.3) is 5.91 Å². The summed E-state index contributed by atoms with van der Waals surface area (Å²) in [5.41, 5.74) is 5.97. The van der Waals surface area contributed by atoms with E-state index in [1.807, 2.05) is 43.3 Å². The topological polar surface area (TPSA) is 94.8 Å². The molecule has 3 atom stereocenters. The molecule has 1 aromatic carbocycles. The first-order chi connectivity index (χ1) is 18.8. The van der Waals surface area contributed by atoms with Gasteiger partial charge < -0.3 is 20.6 Å². The molecule has 0 saturated heterocycles. The van der Waals surface area contributed by atoms with E-state index in [1.165, 1.54) is 12.1 Å². The maximum Gasteiger partial charge on any atom is 0.254 e. The number of fused-ring (bicyclic) bond motifs is 2. The molecule has 0 spiro atoms. The van der Waals surface area contributed by atoms with Gasteiger partial charge in [-0.05, 0) is 68.6 Å². The van der Waals surface area contributed by atoms with E-state index >= 15 is 0 Å². The van der Waals surface area contributed by atoms with Crippen molar-refractivity contribution in [2.75, 3.05) is 19.4 Å². The lowest BCUT2D eigenvalue weighted by Gasteiger charge is -2.30. The minimum atomic E-state index is -1.18. The molecule has 6 rings (SSSR count). The zero-order valence-corrected chi connectivity index (χ0v) is 21.8. The second-order valence-corrected chi connectivity index (χ2v) is 10.6. The number of pyridine rings is 2. The van der Waals surface area contributed by atoms with Crippen LogP contribution in [0.3, 0.4) is 0 Å². The van der Waals surface area contributed by atoms with Crippen LogP contribution in [0.2, 0.25) is 0 Å². The van der Waals surface area contributed by atoms with E-state index in [4.69, 9.17) is 4.98 Å². The summed E-state index contributed by atoms with van der Waals surface area (Å²) in [6.07, 6.45) is 2.56. The molecule has 0 bridgehead atoms. The number of halogens is 2. The predicted molar refractivity (Wildman–Crippen MR) is 144 cm³/mol. The zero-order chi connectivity index (χ0) is 27.3. The van der Waals surface area contributed by atoms with Gasteiger partial charge in [-0.15, -0.1) is 0 Å². The Kier molecular flexibility index (Phi) is 6.52. The summed E-state index contributed by atoms with van der Waals surface area (Å²) in [5, 5.41) is 16.4. The molecule has 1 aliphatic carbocycles. The molecule has 10 heteroatoms. The van der Waals surface area contributed by atoms with Gasteiger partial charge in [-0.25, -0.2) is 18.7 Å². The molecule has 4 aromatic rings. The third kappa shape index (κ3) is 4.74. The van der Waals surface area contributed by atoms with Crippen molar-refractivity contribution in [3.05, 3.63) is 77.0 Å². The summed E-state index contributed by atoms with van der Waals surface area (Å²) in [4.78, 5) is 24.2. The first kappa shape index (κ1) is 25.4. The van der Waals surface area contributed by atoms with E-state index in [2.05, 4.69) is 15.6 Å². The summed E-state index contributed by atoms with van der Waals surface area (Å²) in [6.45, 7) is 0.953. The van der Waals surface area contributed by atoms with Crippen LogP contribution in [0.1, 0.15) is 52.4 Å². The highest BCUT2D eigenvalue weighted by atomic mass is 19.1. The van der Waals surface area contributed by atoms with E-state index in [9.17, 15) is 18.7 Å². The number of carbonyl (C=O) groups is 1. The highest BCUT2D eigenvalue weighted by Gasteiger charge is 2.32. The van der Waals surface area contributed by atoms with Gasteiger partial charge in [0.1, 0.15) is 23.5 Å². The number of amides is 1. The van der Waals surface area contributed by atoms with Crippen molar-refractivity contribution in [3.63, 3.8) is 0 Å². The van der Waals surface area contributed by atoms with Gasteiger partial charge in [-0.2, -0.15) is 0 Å². The number of aromatic nitrogens is 3. The Hall–Kier alpha value is -3.89. The number of alkyl halides is 1. The van der Waals surface area contributed by atoms with Crippen molar-refractivity contribution in [2.45, 2.75) is 50.5 Å². The van der Waals surface area contributed by atoms with E-state index in [0.29, 0.717) is 55.1 Å². The Bertz CT molecular complexity index is 1570. The second kappa shape index (κ2) is 10.0. The number of aliphatic hydroxyl groups is 1. The monoisotopic (exact) mass is 532 g/mol. The van der Waals surface area contributed by atoms with Gasteiger partial charge in [0, 0.05) is 30.9 Å². The molecule has 1 unspecified atom stereocenters. The largest absolute Gasteiger partial charge is 0.390 e. The molecule has 8 nitrogen and oxygen atoms in total. The number of rotatable bonds is 6. The number of benzene rings is 1. The second-order valence-electron chi connectivity index (χ2n) is 10.6. The molecule has 1 saturated carbocycles. The van der Waals surface area contributed by atoms with Crippen molar-refractivity contribution in [1.29, 1.82) is 0 Å². The first-order valence-electron chi connectivity index (χ1n) is 13.1. The van der Waals surface area contributed by atoms with Crippen LogP contribution >= 0.6 is 0 Å². The maximum atomic E-state index is 13.9. The Morgan fingerprint density at radius 3 is 2.85 bits per heavy atom. The van der Waals surface area contributed by atoms with Crippen LogP contribution in [0.5, 0.6) is 0 Å². The molecule has 39 heavy (non-hydrogen) atoms. The van der Waals surface area contributed by atoms with Crippen LogP contribution in [0, 0.1) is 5.82 Å². The molecule has 3 aromatic heterocycles. The number of nitrogens with zero attached hydrogens (tertiary/aromatic N) is 4. The molecular weight excluding hydrogens is 502 g/mol. The Balaban J connectivity index is 1.35. The van der Waals surface area contributed by atoms with Crippen LogP contribution in [0.15, 0.2) is 48.8 Å². The minimum absolute atomic E-state index is 0.0387. The van der Waals surface area contributed by atoms with Crippen molar-refractivity contribution < 1.29 is 18.7 Å². The molecule has 0 radical (unpaired) electrons. The van der Waals surface area contributed by atoms with Crippen molar-refractivity contribution >= 4 is 23.1 Å². The lowest BCUT2D eigenvalue weighted by atomic mass is 9.81. The van der Waals surface area contributed by atoms with Crippen LogP contribution in [-0.2, 0) is 13.1 Å². The molecular formula is C29H30F2N6O2. The van der Waals surface area contributed by atoms with E-state index < -0.39 is 12.3 Å². The quantitative estimate of drug-likeness (QED) is 0.337. The van der Waals surface area contributed by atoms with E-state index in [-0.39, 0.29) is 17.6 Å². The maximum absolute atomic E-state index is 13.9. The smallest absolute Gasteiger partial charge is 0.254 e. The van der Waals surface area contributed by atoms with Gasteiger partial charge >= 0.3 is 0 Å². The van der Waals surface area contributed by atoms with Gasteiger partial charge in [-0.3, -0.25) is 9.20 Å². The Morgan fingerprint density at radius 1 is 1.21 bits per heavy atom. The third-order valence-electron chi connectivity index (χ3n) is 7.63. The molecule has 3 N–H and O–H groups in total. The number of nitrogens with one attached hydrogen (secondary N) is 2. The summed E-state index contributed by atoms with van der Waals surface area (Å²) in [5.74, 6) is 0.0861. The summed E-state index contributed by atoms with van der Waals surface area (Å²) >= 11 is 0. The normalized spacial score (nSPS) is 20.9. The number of hydrogen-bond donors (Lipinski definition) is 3. The number of hydrogen-bond acceptors (Lipinski definition) is 6. The summed E-state index contributed by atoms with van der Waals surface area (Å²) < 4.78 is 29.4. The highest BCUT2D eigenvalue weighted by Crippen LogP contribution is 2.38. The van der Waals surface area contributed by atoms with Crippen LogP contribution < -0.4 is 10.6 Å². The molecule has 2 aliphatic rings.